The standard InChI is InChI=1S/C18H27N3O2/c1-20(15-6-2-3-7-15)17-9-5-4-8-16(17)19-18(23)21-11-10-14(12-21)13-22/h4-5,8-9,14-15,22H,2-3,6-7,10-13H2,1H3,(H,19,23). The highest BCUT2D eigenvalue weighted by Gasteiger charge is 2.27. The van der Waals surface area contributed by atoms with Gasteiger partial charge in [0.1, 0.15) is 0 Å². The van der Waals surface area contributed by atoms with Crippen molar-refractivity contribution in [2.75, 3.05) is 37.0 Å². The van der Waals surface area contributed by atoms with E-state index in [0.717, 1.165) is 24.3 Å². The number of hydrogen-bond donors (Lipinski definition) is 2. The second kappa shape index (κ2) is 7.21. The number of anilines is 2. The van der Waals surface area contributed by atoms with E-state index in [1.54, 1.807) is 4.90 Å². The first-order valence-corrected chi connectivity index (χ1v) is 8.67. The Bertz CT molecular complexity index is 543. The topological polar surface area (TPSA) is 55.8 Å². The number of nitrogens with zero attached hydrogens (tertiary/aromatic N) is 2. The summed E-state index contributed by atoms with van der Waals surface area (Å²) in [6.07, 6.45) is 5.92. The molecule has 1 saturated heterocycles. The Kier molecular flexibility index (Phi) is 5.06. The smallest absolute Gasteiger partial charge is 0.321 e. The van der Waals surface area contributed by atoms with Crippen LogP contribution in [0.25, 0.3) is 0 Å². The SMILES string of the molecule is CN(c1ccccc1NC(=O)N1CCC(CO)C1)C1CCCC1. The first kappa shape index (κ1) is 16.1. The summed E-state index contributed by atoms with van der Waals surface area (Å²) in [5, 5.41) is 12.3. The number of benzene rings is 1. The number of nitrogens with one attached hydrogen (secondary N) is 1. The molecule has 0 spiro atoms. The van der Waals surface area contributed by atoms with E-state index in [4.69, 9.17) is 0 Å². The van der Waals surface area contributed by atoms with Crippen molar-refractivity contribution in [2.24, 2.45) is 5.92 Å². The minimum Gasteiger partial charge on any atom is -0.396 e. The van der Waals surface area contributed by atoms with Crippen molar-refractivity contribution < 1.29 is 9.90 Å². The maximum absolute atomic E-state index is 12.5. The quantitative estimate of drug-likeness (QED) is 0.898. The van der Waals surface area contributed by atoms with Gasteiger partial charge in [-0.25, -0.2) is 4.79 Å². The number of hydrogen-bond acceptors (Lipinski definition) is 3. The van der Waals surface area contributed by atoms with Crippen LogP contribution < -0.4 is 10.2 Å². The van der Waals surface area contributed by atoms with Gasteiger partial charge in [0.2, 0.25) is 0 Å². The number of urea groups is 1. The van der Waals surface area contributed by atoms with Crippen LogP contribution in [-0.4, -0.2) is 48.8 Å². The Balaban J connectivity index is 1.69. The summed E-state index contributed by atoms with van der Waals surface area (Å²) in [5.74, 6) is 0.220. The number of aliphatic hydroxyl groups is 1. The number of rotatable bonds is 4. The lowest BCUT2D eigenvalue weighted by atomic mass is 10.1. The Morgan fingerprint density at radius 2 is 2.04 bits per heavy atom. The number of aliphatic hydroxyl groups excluding tert-OH is 1. The summed E-state index contributed by atoms with van der Waals surface area (Å²) in [6, 6.07) is 8.54. The molecule has 1 heterocycles. The fraction of sp³-hybridized carbons (Fsp3) is 0.611. The van der Waals surface area contributed by atoms with Crippen LogP contribution in [0.5, 0.6) is 0 Å². The van der Waals surface area contributed by atoms with Crippen LogP contribution in [0.3, 0.4) is 0 Å². The van der Waals surface area contributed by atoms with E-state index in [9.17, 15) is 9.90 Å². The molecule has 1 atom stereocenters. The highest BCUT2D eigenvalue weighted by atomic mass is 16.3. The van der Waals surface area contributed by atoms with Crippen molar-refractivity contribution in [2.45, 2.75) is 38.1 Å². The van der Waals surface area contributed by atoms with Crippen LogP contribution in [0.15, 0.2) is 24.3 Å². The van der Waals surface area contributed by atoms with E-state index in [1.807, 2.05) is 18.2 Å². The molecule has 0 radical (unpaired) electrons. The van der Waals surface area contributed by atoms with Gasteiger partial charge in [0.25, 0.3) is 0 Å². The van der Waals surface area contributed by atoms with Gasteiger partial charge in [0, 0.05) is 38.7 Å². The molecule has 2 amide bonds. The Morgan fingerprint density at radius 3 is 2.74 bits per heavy atom. The Labute approximate surface area is 138 Å². The minimum atomic E-state index is -0.0618. The molecule has 2 aliphatic rings. The van der Waals surface area contributed by atoms with Crippen LogP contribution in [0, 0.1) is 5.92 Å². The largest absolute Gasteiger partial charge is 0.396 e. The molecule has 5 nitrogen and oxygen atoms in total. The molecular weight excluding hydrogens is 290 g/mol. The molecule has 23 heavy (non-hydrogen) atoms. The van der Waals surface area contributed by atoms with Crippen LogP contribution in [0.2, 0.25) is 0 Å². The third kappa shape index (κ3) is 3.61. The second-order valence-corrected chi connectivity index (χ2v) is 6.78. The zero-order chi connectivity index (χ0) is 16.2. The highest BCUT2D eigenvalue weighted by Crippen LogP contribution is 2.32. The lowest BCUT2D eigenvalue weighted by Crippen LogP contribution is -2.34. The maximum atomic E-state index is 12.5. The first-order chi connectivity index (χ1) is 11.2. The predicted molar refractivity (Wildman–Crippen MR) is 92.9 cm³/mol. The number of likely N-dealkylation sites (tertiary alicyclic amines) is 1. The van der Waals surface area contributed by atoms with Gasteiger partial charge in [0.05, 0.1) is 11.4 Å². The van der Waals surface area contributed by atoms with E-state index in [2.05, 4.69) is 23.3 Å². The molecule has 3 rings (SSSR count). The molecule has 1 aliphatic carbocycles. The first-order valence-electron chi connectivity index (χ1n) is 8.67. The van der Waals surface area contributed by atoms with Crippen LogP contribution in [0.4, 0.5) is 16.2 Å². The van der Waals surface area contributed by atoms with Crippen LogP contribution >= 0.6 is 0 Å². The molecule has 2 N–H and O–H groups in total. The van der Waals surface area contributed by atoms with Gasteiger partial charge in [-0.2, -0.15) is 0 Å². The molecule has 5 heteroatoms. The lowest BCUT2D eigenvalue weighted by molar-refractivity contribution is 0.209. The average molecular weight is 317 g/mol. The zero-order valence-electron chi connectivity index (χ0n) is 13.9. The van der Waals surface area contributed by atoms with Gasteiger partial charge in [-0.3, -0.25) is 0 Å². The molecule has 1 unspecified atom stereocenters. The monoisotopic (exact) mass is 317 g/mol. The van der Waals surface area contributed by atoms with Gasteiger partial charge >= 0.3 is 6.03 Å². The van der Waals surface area contributed by atoms with Crippen molar-refractivity contribution in [1.82, 2.24) is 4.90 Å². The maximum Gasteiger partial charge on any atom is 0.321 e. The van der Waals surface area contributed by atoms with Crippen molar-refractivity contribution in [1.29, 1.82) is 0 Å². The summed E-state index contributed by atoms with van der Waals surface area (Å²) >= 11 is 0. The van der Waals surface area contributed by atoms with E-state index in [0.29, 0.717) is 12.6 Å². The summed E-state index contributed by atoms with van der Waals surface area (Å²) in [6.45, 7) is 1.52. The lowest BCUT2D eigenvalue weighted by Gasteiger charge is -2.29. The van der Waals surface area contributed by atoms with Crippen molar-refractivity contribution >= 4 is 17.4 Å². The number of carbonyl (C=O) groups is 1. The molecule has 2 fully saturated rings. The average Bonchev–Trinajstić information content (AvgIpc) is 3.26. The minimum absolute atomic E-state index is 0.0618. The third-order valence-electron chi connectivity index (χ3n) is 5.23. The number of amides is 2. The molecule has 1 aliphatic heterocycles. The summed E-state index contributed by atoms with van der Waals surface area (Å²) in [4.78, 5) is 16.6. The molecule has 1 aromatic carbocycles. The van der Waals surface area contributed by atoms with Gasteiger partial charge in [-0.15, -0.1) is 0 Å². The molecule has 1 aromatic rings. The van der Waals surface area contributed by atoms with E-state index in [-0.39, 0.29) is 18.6 Å². The van der Waals surface area contributed by atoms with E-state index in [1.165, 1.54) is 25.7 Å². The number of carbonyl (C=O) groups excluding carboxylic acids is 1. The van der Waals surface area contributed by atoms with Gasteiger partial charge in [0.15, 0.2) is 0 Å². The predicted octanol–water partition coefficient (Wildman–Crippen LogP) is 2.91. The molecule has 126 valence electrons. The van der Waals surface area contributed by atoms with Crippen LogP contribution in [-0.2, 0) is 0 Å². The van der Waals surface area contributed by atoms with Gasteiger partial charge < -0.3 is 20.2 Å². The Hall–Kier alpha value is -1.75. The van der Waals surface area contributed by atoms with Crippen molar-refractivity contribution in [3.05, 3.63) is 24.3 Å². The third-order valence-corrected chi connectivity index (χ3v) is 5.23. The Morgan fingerprint density at radius 1 is 1.30 bits per heavy atom. The van der Waals surface area contributed by atoms with Crippen molar-refractivity contribution in [3.63, 3.8) is 0 Å². The van der Waals surface area contributed by atoms with E-state index < -0.39 is 0 Å². The molecule has 0 aromatic heterocycles. The van der Waals surface area contributed by atoms with Gasteiger partial charge in [-0.05, 0) is 31.4 Å². The van der Waals surface area contributed by atoms with Crippen molar-refractivity contribution in [3.8, 4) is 0 Å². The summed E-state index contributed by atoms with van der Waals surface area (Å²) in [7, 11) is 2.12. The van der Waals surface area contributed by atoms with E-state index >= 15 is 0 Å². The zero-order valence-corrected chi connectivity index (χ0v) is 13.9. The highest BCUT2D eigenvalue weighted by molar-refractivity contribution is 5.93. The number of para-hydroxylation sites is 2. The van der Waals surface area contributed by atoms with Gasteiger partial charge in [-0.1, -0.05) is 25.0 Å². The summed E-state index contributed by atoms with van der Waals surface area (Å²) < 4.78 is 0. The second-order valence-electron chi connectivity index (χ2n) is 6.78. The molecule has 0 bridgehead atoms. The normalized spacial score (nSPS) is 21.7. The summed E-state index contributed by atoms with van der Waals surface area (Å²) in [5.41, 5.74) is 1.96. The molecular formula is C18H27N3O2. The van der Waals surface area contributed by atoms with Crippen LogP contribution in [0.1, 0.15) is 32.1 Å². The molecule has 1 saturated carbocycles. The fourth-order valence-corrected chi connectivity index (χ4v) is 3.74. The fourth-order valence-electron chi connectivity index (χ4n) is 3.74.